The lowest BCUT2D eigenvalue weighted by Crippen LogP contribution is -2.23. The summed E-state index contributed by atoms with van der Waals surface area (Å²) < 4.78 is 25.3. The van der Waals surface area contributed by atoms with Gasteiger partial charge in [-0.3, -0.25) is 4.79 Å². The smallest absolute Gasteiger partial charge is 0.243 e. The molecule has 0 saturated heterocycles. The maximum absolute atomic E-state index is 12.1. The summed E-state index contributed by atoms with van der Waals surface area (Å²) in [5, 5.41) is 6.24. The minimum atomic E-state index is -3.54. The van der Waals surface area contributed by atoms with E-state index in [1.807, 2.05) is 0 Å². The van der Waals surface area contributed by atoms with Gasteiger partial charge in [0.1, 0.15) is 0 Å². The van der Waals surface area contributed by atoms with Gasteiger partial charge in [0.05, 0.1) is 11.4 Å². The second-order valence-electron chi connectivity index (χ2n) is 5.22. The van der Waals surface area contributed by atoms with Crippen molar-refractivity contribution in [2.24, 2.45) is 0 Å². The van der Waals surface area contributed by atoms with Crippen LogP contribution in [0.2, 0.25) is 5.02 Å². The third kappa shape index (κ3) is 4.70. The molecule has 0 heterocycles. The predicted molar refractivity (Wildman–Crippen MR) is 95.9 cm³/mol. The Morgan fingerprint density at radius 3 is 2.38 bits per heavy atom. The summed E-state index contributed by atoms with van der Waals surface area (Å²) in [6.45, 7) is 0.0479. The number of hydrogen-bond acceptors (Lipinski definition) is 4. The molecule has 2 aromatic carbocycles. The second kappa shape index (κ2) is 7.65. The number of halogens is 1. The molecule has 1 amide bonds. The van der Waals surface area contributed by atoms with Crippen LogP contribution in [-0.4, -0.2) is 39.3 Å². The quantitative estimate of drug-likeness (QED) is 0.822. The van der Waals surface area contributed by atoms with E-state index in [9.17, 15) is 13.2 Å². The molecule has 0 atom stereocenters. The number of carbonyl (C=O) groups excluding carboxylic acids is 1. The van der Waals surface area contributed by atoms with E-state index in [4.69, 9.17) is 11.6 Å². The van der Waals surface area contributed by atoms with Crippen LogP contribution in [0.3, 0.4) is 0 Å². The number of nitrogens with zero attached hydrogens (tertiary/aromatic N) is 1. The molecular weight excluding hydrogens is 350 g/mol. The summed E-state index contributed by atoms with van der Waals surface area (Å²) in [4.78, 5) is 12.1. The first-order valence-corrected chi connectivity index (χ1v) is 8.93. The highest BCUT2D eigenvalue weighted by atomic mass is 35.5. The molecule has 0 aliphatic heterocycles. The third-order valence-electron chi connectivity index (χ3n) is 3.19. The van der Waals surface area contributed by atoms with Crippen molar-refractivity contribution in [2.45, 2.75) is 4.90 Å². The van der Waals surface area contributed by atoms with Gasteiger partial charge in [0.2, 0.25) is 15.9 Å². The zero-order valence-corrected chi connectivity index (χ0v) is 14.9. The Kier molecular flexibility index (Phi) is 5.82. The Morgan fingerprint density at radius 1 is 1.08 bits per heavy atom. The van der Waals surface area contributed by atoms with Crippen molar-refractivity contribution in [1.82, 2.24) is 4.31 Å². The van der Waals surface area contributed by atoms with Gasteiger partial charge in [0.15, 0.2) is 0 Å². The van der Waals surface area contributed by atoms with E-state index in [0.717, 1.165) is 9.99 Å². The van der Waals surface area contributed by atoms with Gasteiger partial charge in [0, 0.05) is 30.5 Å². The van der Waals surface area contributed by atoms with E-state index in [-0.39, 0.29) is 17.3 Å². The summed E-state index contributed by atoms with van der Waals surface area (Å²) in [7, 11) is -0.631. The van der Waals surface area contributed by atoms with E-state index in [0.29, 0.717) is 10.7 Å². The zero-order valence-electron chi connectivity index (χ0n) is 13.3. The van der Waals surface area contributed by atoms with E-state index in [1.165, 1.54) is 26.2 Å². The number of amides is 1. The van der Waals surface area contributed by atoms with Crippen LogP contribution >= 0.6 is 11.6 Å². The van der Waals surface area contributed by atoms with E-state index in [1.54, 1.807) is 36.4 Å². The van der Waals surface area contributed by atoms with Gasteiger partial charge in [-0.05, 0) is 42.5 Å². The van der Waals surface area contributed by atoms with Crippen molar-refractivity contribution in [1.29, 1.82) is 0 Å². The van der Waals surface area contributed by atoms with Crippen LogP contribution in [-0.2, 0) is 14.8 Å². The van der Waals surface area contributed by atoms with Crippen LogP contribution < -0.4 is 10.6 Å². The molecule has 2 N–H and O–H groups in total. The number of carbonyl (C=O) groups is 1. The molecule has 6 nitrogen and oxygen atoms in total. The molecular formula is C16H18ClN3O3S. The van der Waals surface area contributed by atoms with Gasteiger partial charge >= 0.3 is 0 Å². The van der Waals surface area contributed by atoms with Gasteiger partial charge in [-0.25, -0.2) is 12.7 Å². The van der Waals surface area contributed by atoms with E-state index in [2.05, 4.69) is 10.6 Å². The molecule has 8 heteroatoms. The number of benzene rings is 2. The highest BCUT2D eigenvalue weighted by Gasteiger charge is 2.17. The topological polar surface area (TPSA) is 78.5 Å². The Balaban J connectivity index is 2.00. The fourth-order valence-corrected chi connectivity index (χ4v) is 2.97. The predicted octanol–water partition coefficient (Wildman–Crippen LogP) is 2.64. The standard InChI is InChI=1S/C16H18ClN3O3S/c1-20(2)24(22,23)15-5-3-4-14(10-15)19-16(21)11-18-13-8-6-12(17)7-9-13/h3-10,18H,11H2,1-2H3,(H,19,21). The van der Waals surface area contributed by atoms with Crippen molar-refractivity contribution in [3.63, 3.8) is 0 Å². The summed E-state index contributed by atoms with van der Waals surface area (Å²) in [6.07, 6.45) is 0. The summed E-state index contributed by atoms with van der Waals surface area (Å²) >= 11 is 5.80. The number of nitrogens with one attached hydrogen (secondary N) is 2. The molecule has 0 aliphatic rings. The lowest BCUT2D eigenvalue weighted by atomic mass is 10.3. The fourth-order valence-electron chi connectivity index (χ4n) is 1.90. The van der Waals surface area contributed by atoms with Crippen molar-refractivity contribution in [2.75, 3.05) is 31.3 Å². The first kappa shape index (κ1) is 18.3. The lowest BCUT2D eigenvalue weighted by molar-refractivity contribution is -0.114. The average Bonchev–Trinajstić information content (AvgIpc) is 2.54. The van der Waals surface area contributed by atoms with Crippen LogP contribution in [0.15, 0.2) is 53.4 Å². The Hall–Kier alpha value is -2.09. The highest BCUT2D eigenvalue weighted by Crippen LogP contribution is 2.18. The first-order valence-electron chi connectivity index (χ1n) is 7.11. The molecule has 0 fully saturated rings. The Morgan fingerprint density at radius 2 is 1.75 bits per heavy atom. The number of rotatable bonds is 6. The number of anilines is 2. The molecule has 0 aliphatic carbocycles. The monoisotopic (exact) mass is 367 g/mol. The van der Waals surface area contributed by atoms with Crippen LogP contribution in [0.1, 0.15) is 0 Å². The first-order chi connectivity index (χ1) is 11.3. The van der Waals surface area contributed by atoms with Crippen molar-refractivity contribution in [3.05, 3.63) is 53.6 Å². The summed E-state index contributed by atoms with van der Waals surface area (Å²) in [6, 6.07) is 13.1. The maximum atomic E-state index is 12.1. The van der Waals surface area contributed by atoms with Crippen LogP contribution in [0, 0.1) is 0 Å². The van der Waals surface area contributed by atoms with Gasteiger partial charge in [0.25, 0.3) is 0 Å². The molecule has 128 valence electrons. The van der Waals surface area contributed by atoms with Crippen LogP contribution in [0.25, 0.3) is 0 Å². The summed E-state index contributed by atoms with van der Waals surface area (Å²) in [5.74, 6) is -0.288. The van der Waals surface area contributed by atoms with Crippen molar-refractivity contribution in [3.8, 4) is 0 Å². The normalized spacial score (nSPS) is 11.3. The number of hydrogen-bond donors (Lipinski definition) is 2. The van der Waals surface area contributed by atoms with Crippen LogP contribution in [0.5, 0.6) is 0 Å². The van der Waals surface area contributed by atoms with Gasteiger partial charge in [-0.15, -0.1) is 0 Å². The van der Waals surface area contributed by atoms with Gasteiger partial charge in [-0.2, -0.15) is 0 Å². The molecule has 0 unspecified atom stereocenters. The average molecular weight is 368 g/mol. The SMILES string of the molecule is CN(C)S(=O)(=O)c1cccc(NC(=O)CNc2ccc(Cl)cc2)c1. The third-order valence-corrected chi connectivity index (χ3v) is 5.26. The molecule has 0 radical (unpaired) electrons. The fraction of sp³-hybridized carbons (Fsp3) is 0.188. The second-order valence-corrected chi connectivity index (χ2v) is 7.81. The zero-order chi connectivity index (χ0) is 17.7. The molecule has 2 rings (SSSR count). The minimum Gasteiger partial charge on any atom is -0.376 e. The molecule has 2 aromatic rings. The molecule has 0 saturated carbocycles. The molecule has 0 spiro atoms. The number of sulfonamides is 1. The van der Waals surface area contributed by atoms with Crippen LogP contribution in [0.4, 0.5) is 11.4 Å². The Labute approximate surface area is 146 Å². The largest absolute Gasteiger partial charge is 0.376 e. The van der Waals surface area contributed by atoms with Crippen molar-refractivity contribution >= 4 is 38.9 Å². The van der Waals surface area contributed by atoms with E-state index >= 15 is 0 Å². The highest BCUT2D eigenvalue weighted by molar-refractivity contribution is 7.89. The van der Waals surface area contributed by atoms with Crippen molar-refractivity contribution < 1.29 is 13.2 Å². The Bertz CT molecular complexity index is 821. The molecule has 24 heavy (non-hydrogen) atoms. The van der Waals surface area contributed by atoms with E-state index < -0.39 is 10.0 Å². The summed E-state index contributed by atoms with van der Waals surface area (Å²) in [5.41, 5.74) is 1.18. The molecule has 0 bridgehead atoms. The molecule has 0 aromatic heterocycles. The maximum Gasteiger partial charge on any atom is 0.243 e. The van der Waals surface area contributed by atoms with Gasteiger partial charge < -0.3 is 10.6 Å². The van der Waals surface area contributed by atoms with Gasteiger partial charge in [-0.1, -0.05) is 17.7 Å². The lowest BCUT2D eigenvalue weighted by Gasteiger charge is -2.13. The minimum absolute atomic E-state index is 0.0479.